The number of benzene rings is 2. The van der Waals surface area contributed by atoms with Crippen molar-refractivity contribution in [1.82, 2.24) is 4.57 Å². The number of hydrogen-bond donors (Lipinski definition) is 2. The zero-order valence-electron chi connectivity index (χ0n) is 16.8. The second-order valence-electron chi connectivity index (χ2n) is 6.99. The quantitative estimate of drug-likeness (QED) is 0.637. The lowest BCUT2D eigenvalue weighted by Gasteiger charge is -2.10. The Morgan fingerprint density at radius 1 is 1.30 bits per heavy atom. The summed E-state index contributed by atoms with van der Waals surface area (Å²) in [6.07, 6.45) is 0.401. The van der Waals surface area contributed by atoms with E-state index in [1.165, 1.54) is 6.92 Å². The molecular weight excluding hydrogens is 400 g/mol. The number of carbonyl (C=O) groups is 2. The van der Waals surface area contributed by atoms with Gasteiger partial charge in [-0.05, 0) is 41.5 Å². The first-order chi connectivity index (χ1) is 14.5. The van der Waals surface area contributed by atoms with Gasteiger partial charge in [-0.15, -0.1) is 11.3 Å². The zero-order chi connectivity index (χ0) is 21.1. The van der Waals surface area contributed by atoms with E-state index >= 15 is 0 Å². The van der Waals surface area contributed by atoms with Gasteiger partial charge in [0, 0.05) is 37.3 Å². The van der Waals surface area contributed by atoms with Gasteiger partial charge in [0.15, 0.2) is 4.80 Å². The summed E-state index contributed by atoms with van der Waals surface area (Å²) in [5.41, 5.74) is 5.40. The number of fused-ring (bicyclic) bond motifs is 1. The van der Waals surface area contributed by atoms with Crippen LogP contribution in [0.1, 0.15) is 12.5 Å². The molecule has 2 N–H and O–H groups in total. The van der Waals surface area contributed by atoms with Crippen molar-refractivity contribution in [2.75, 3.05) is 24.4 Å². The molecule has 2 amide bonds. The Morgan fingerprint density at radius 3 is 2.97 bits per heavy atom. The van der Waals surface area contributed by atoms with Crippen LogP contribution >= 0.6 is 11.3 Å². The van der Waals surface area contributed by atoms with Gasteiger partial charge in [-0.3, -0.25) is 9.59 Å². The predicted octanol–water partition coefficient (Wildman–Crippen LogP) is 3.55. The van der Waals surface area contributed by atoms with Crippen LogP contribution in [0.15, 0.2) is 52.8 Å². The van der Waals surface area contributed by atoms with Crippen LogP contribution in [-0.2, 0) is 27.3 Å². The third-order valence-electron chi connectivity index (χ3n) is 4.73. The molecular formula is C22H22N4O3S. The number of thiazole rings is 1. The maximum Gasteiger partial charge on any atom is 0.228 e. The van der Waals surface area contributed by atoms with Crippen LogP contribution in [0.5, 0.6) is 0 Å². The van der Waals surface area contributed by atoms with E-state index in [2.05, 4.69) is 26.6 Å². The highest BCUT2D eigenvalue weighted by atomic mass is 32.1. The molecule has 2 aromatic carbocycles. The highest BCUT2D eigenvalue weighted by Gasteiger charge is 2.19. The molecule has 7 nitrogen and oxygen atoms in total. The topological polar surface area (TPSA) is 84.7 Å². The van der Waals surface area contributed by atoms with E-state index in [4.69, 9.17) is 9.73 Å². The van der Waals surface area contributed by atoms with Crippen LogP contribution in [-0.4, -0.2) is 30.1 Å². The lowest BCUT2D eigenvalue weighted by Crippen LogP contribution is -2.18. The van der Waals surface area contributed by atoms with Crippen molar-refractivity contribution in [2.24, 2.45) is 4.99 Å². The molecule has 1 aliphatic heterocycles. The highest BCUT2D eigenvalue weighted by molar-refractivity contribution is 7.07. The summed E-state index contributed by atoms with van der Waals surface area (Å²) in [6.45, 7) is 2.68. The van der Waals surface area contributed by atoms with Crippen molar-refractivity contribution >= 4 is 40.2 Å². The molecule has 0 radical (unpaired) electrons. The molecule has 2 heterocycles. The summed E-state index contributed by atoms with van der Waals surface area (Å²) in [4.78, 5) is 28.6. The zero-order valence-corrected chi connectivity index (χ0v) is 17.6. The number of anilines is 2. The number of nitrogens with one attached hydrogen (secondary N) is 2. The highest BCUT2D eigenvalue weighted by Crippen LogP contribution is 2.29. The summed E-state index contributed by atoms with van der Waals surface area (Å²) in [5, 5.41) is 7.72. The molecule has 0 spiro atoms. The van der Waals surface area contributed by atoms with Gasteiger partial charge >= 0.3 is 0 Å². The molecule has 1 aliphatic rings. The maximum absolute atomic E-state index is 11.7. The first-order valence-electron chi connectivity index (χ1n) is 9.56. The van der Waals surface area contributed by atoms with Crippen molar-refractivity contribution in [1.29, 1.82) is 0 Å². The summed E-state index contributed by atoms with van der Waals surface area (Å²) in [7, 11) is 1.67. The van der Waals surface area contributed by atoms with E-state index in [1.54, 1.807) is 18.4 Å². The number of ether oxygens (including phenoxy) is 1. The number of rotatable bonds is 6. The number of nitrogens with zero attached hydrogens (tertiary/aromatic N) is 2. The van der Waals surface area contributed by atoms with Crippen molar-refractivity contribution in [3.8, 4) is 11.3 Å². The number of hydrogen-bond acceptors (Lipinski definition) is 5. The Labute approximate surface area is 178 Å². The minimum absolute atomic E-state index is 0.0227. The van der Waals surface area contributed by atoms with E-state index in [0.717, 1.165) is 33.0 Å². The fraction of sp³-hybridized carbons (Fsp3) is 0.227. The summed E-state index contributed by atoms with van der Waals surface area (Å²) >= 11 is 1.54. The summed E-state index contributed by atoms with van der Waals surface area (Å²) in [5.74, 6) is -0.0974. The van der Waals surface area contributed by atoms with Crippen LogP contribution in [0.2, 0.25) is 0 Å². The van der Waals surface area contributed by atoms with Crippen LogP contribution in [0, 0.1) is 0 Å². The number of carbonyl (C=O) groups excluding carboxylic acids is 2. The van der Waals surface area contributed by atoms with Gasteiger partial charge in [0.2, 0.25) is 11.8 Å². The average Bonchev–Trinajstić information content (AvgIpc) is 3.27. The van der Waals surface area contributed by atoms with E-state index in [-0.39, 0.29) is 11.8 Å². The van der Waals surface area contributed by atoms with Crippen molar-refractivity contribution in [3.05, 3.63) is 58.2 Å². The molecule has 1 aromatic heterocycles. The Balaban J connectivity index is 1.74. The molecule has 0 fully saturated rings. The van der Waals surface area contributed by atoms with E-state index in [9.17, 15) is 9.59 Å². The van der Waals surface area contributed by atoms with Gasteiger partial charge in [0.25, 0.3) is 0 Å². The molecule has 0 unspecified atom stereocenters. The second-order valence-corrected chi connectivity index (χ2v) is 7.82. The Morgan fingerprint density at radius 2 is 2.17 bits per heavy atom. The Hall–Kier alpha value is -3.23. The molecule has 8 heteroatoms. The second kappa shape index (κ2) is 8.64. The third-order valence-corrected chi connectivity index (χ3v) is 5.60. The van der Waals surface area contributed by atoms with E-state index in [1.807, 2.05) is 36.4 Å². The molecule has 0 atom stereocenters. The predicted molar refractivity (Wildman–Crippen MR) is 118 cm³/mol. The molecule has 30 heavy (non-hydrogen) atoms. The van der Waals surface area contributed by atoms with E-state index < -0.39 is 0 Å². The first-order valence-corrected chi connectivity index (χ1v) is 10.4. The van der Waals surface area contributed by atoms with Gasteiger partial charge in [-0.1, -0.05) is 12.1 Å². The molecule has 0 aliphatic carbocycles. The standard InChI is InChI=1S/C22H22N4O3S/c1-14(27)23-17-4-3-5-18(12-17)24-22-26(8-9-29-2)20(13-30-22)15-6-7-19-16(10-15)11-21(28)25-19/h3-7,10,12-13H,8-9,11H2,1-2H3,(H,23,27)(H,25,28). The van der Waals surface area contributed by atoms with Crippen LogP contribution in [0.25, 0.3) is 11.3 Å². The molecule has 0 bridgehead atoms. The maximum atomic E-state index is 11.7. The Kier molecular flexibility index (Phi) is 5.78. The Bertz CT molecular complexity index is 1180. The molecule has 154 valence electrons. The van der Waals surface area contributed by atoms with Crippen molar-refractivity contribution in [3.63, 3.8) is 0 Å². The normalized spacial score (nSPS) is 13.3. The van der Waals surface area contributed by atoms with E-state index in [0.29, 0.717) is 25.3 Å². The monoisotopic (exact) mass is 422 g/mol. The summed E-state index contributed by atoms with van der Waals surface area (Å²) < 4.78 is 7.42. The van der Waals surface area contributed by atoms with Gasteiger partial charge in [-0.2, -0.15) is 0 Å². The van der Waals surface area contributed by atoms with Crippen molar-refractivity contribution < 1.29 is 14.3 Å². The van der Waals surface area contributed by atoms with Gasteiger partial charge in [-0.25, -0.2) is 4.99 Å². The van der Waals surface area contributed by atoms with Gasteiger partial charge in [0.05, 0.1) is 24.4 Å². The molecule has 0 saturated heterocycles. The van der Waals surface area contributed by atoms with Crippen LogP contribution < -0.4 is 15.4 Å². The minimum Gasteiger partial charge on any atom is -0.383 e. The first kappa shape index (κ1) is 20.1. The number of amides is 2. The van der Waals surface area contributed by atoms with Gasteiger partial charge < -0.3 is 19.9 Å². The molecule has 4 rings (SSSR count). The molecule has 0 saturated carbocycles. The minimum atomic E-state index is -0.120. The van der Waals surface area contributed by atoms with Gasteiger partial charge in [0.1, 0.15) is 0 Å². The number of methoxy groups -OCH3 is 1. The smallest absolute Gasteiger partial charge is 0.228 e. The molecule has 3 aromatic rings. The SMILES string of the molecule is COCCn1c(-c2ccc3c(c2)CC(=O)N3)csc1=Nc1cccc(NC(C)=O)c1. The third kappa shape index (κ3) is 4.34. The van der Waals surface area contributed by atoms with Crippen LogP contribution in [0.4, 0.5) is 17.1 Å². The lowest BCUT2D eigenvalue weighted by molar-refractivity contribution is -0.115. The fourth-order valence-electron chi connectivity index (χ4n) is 3.40. The largest absolute Gasteiger partial charge is 0.383 e. The number of aromatic nitrogens is 1. The fourth-order valence-corrected chi connectivity index (χ4v) is 4.36. The van der Waals surface area contributed by atoms with Crippen molar-refractivity contribution in [2.45, 2.75) is 19.9 Å². The average molecular weight is 423 g/mol. The van der Waals surface area contributed by atoms with Crippen LogP contribution in [0.3, 0.4) is 0 Å². The lowest BCUT2D eigenvalue weighted by atomic mass is 10.1. The summed E-state index contributed by atoms with van der Waals surface area (Å²) in [6, 6.07) is 13.5.